The van der Waals surface area contributed by atoms with Crippen molar-refractivity contribution in [2.75, 3.05) is 26.2 Å². The van der Waals surface area contributed by atoms with E-state index in [4.69, 9.17) is 4.74 Å². The first-order chi connectivity index (χ1) is 21.4. The fraction of sp³-hybridized carbons (Fsp3) is 0.595. The van der Waals surface area contributed by atoms with Gasteiger partial charge in [-0.05, 0) is 101 Å². The second kappa shape index (κ2) is 15.9. The fourth-order valence-corrected chi connectivity index (χ4v) is 6.76. The number of ether oxygens (including phenoxy) is 1. The van der Waals surface area contributed by atoms with Crippen molar-refractivity contribution in [3.63, 3.8) is 0 Å². The van der Waals surface area contributed by atoms with Gasteiger partial charge in [-0.25, -0.2) is 4.79 Å². The number of nitrogens with zero attached hydrogens (tertiary/aromatic N) is 2. The standard InChI is InChI=1S/C37H53N3O5/c1-26(2)34(41)31-14-13-29-18-21-39(22-19-30(29)23-31)20-17-27-11-15-32(16-12-27)38-35(42)33(40(36(43)44)37(3,4)5)25-45-24-28-9-7-6-8-10-28/h6-10,13-14,23,26-27,32-33H,11-12,15-22,24-25H2,1-5H3,(H,38,42)(H,43,44). The average molecular weight is 620 g/mol. The van der Waals surface area contributed by atoms with Crippen molar-refractivity contribution in [3.8, 4) is 0 Å². The van der Waals surface area contributed by atoms with Crippen molar-refractivity contribution in [1.82, 2.24) is 15.1 Å². The van der Waals surface area contributed by atoms with E-state index in [9.17, 15) is 19.5 Å². The molecule has 2 aliphatic rings. The highest BCUT2D eigenvalue weighted by molar-refractivity contribution is 5.97. The van der Waals surface area contributed by atoms with Gasteiger partial charge in [-0.2, -0.15) is 0 Å². The van der Waals surface area contributed by atoms with E-state index >= 15 is 0 Å². The summed E-state index contributed by atoms with van der Waals surface area (Å²) >= 11 is 0. The smallest absolute Gasteiger partial charge is 0.408 e. The summed E-state index contributed by atoms with van der Waals surface area (Å²) in [5, 5.41) is 13.2. The fourth-order valence-electron chi connectivity index (χ4n) is 6.76. The van der Waals surface area contributed by atoms with Crippen LogP contribution in [0.4, 0.5) is 4.79 Å². The van der Waals surface area contributed by atoms with E-state index in [1.807, 2.05) is 50.2 Å². The van der Waals surface area contributed by atoms with Gasteiger partial charge in [0.15, 0.2) is 5.78 Å². The number of nitrogens with one attached hydrogen (secondary N) is 1. The Labute approximate surface area is 269 Å². The summed E-state index contributed by atoms with van der Waals surface area (Å²) in [6.45, 7) is 12.7. The van der Waals surface area contributed by atoms with Gasteiger partial charge in [0.25, 0.3) is 0 Å². The largest absolute Gasteiger partial charge is 0.465 e. The molecule has 2 N–H and O–H groups in total. The molecule has 1 saturated carbocycles. The molecule has 1 aliphatic carbocycles. The van der Waals surface area contributed by atoms with Crippen LogP contribution in [0, 0.1) is 11.8 Å². The Morgan fingerprint density at radius 3 is 2.27 bits per heavy atom. The average Bonchev–Trinajstić information content (AvgIpc) is 3.21. The molecule has 2 aromatic carbocycles. The molecule has 45 heavy (non-hydrogen) atoms. The third kappa shape index (κ3) is 9.88. The van der Waals surface area contributed by atoms with Crippen LogP contribution in [0.1, 0.15) is 93.8 Å². The maximum Gasteiger partial charge on any atom is 0.408 e. The topological polar surface area (TPSA) is 99.2 Å². The molecule has 0 bridgehead atoms. The molecule has 246 valence electrons. The Morgan fingerprint density at radius 1 is 0.978 bits per heavy atom. The Balaban J connectivity index is 1.25. The SMILES string of the molecule is CC(C)C(=O)c1ccc2c(c1)CCN(CCC1CCC(NC(=O)C(COCc3ccccc3)N(C(=O)O)C(C)(C)C)CC1)CC2. The summed E-state index contributed by atoms with van der Waals surface area (Å²) in [5.41, 5.74) is 3.73. The van der Waals surface area contributed by atoms with Crippen LogP contribution >= 0.6 is 0 Å². The summed E-state index contributed by atoms with van der Waals surface area (Å²) in [5.74, 6) is 0.559. The number of carboxylic acid groups (broad SMARTS) is 1. The predicted molar refractivity (Wildman–Crippen MR) is 177 cm³/mol. The van der Waals surface area contributed by atoms with Crippen LogP contribution in [-0.2, 0) is 29.0 Å². The van der Waals surface area contributed by atoms with E-state index < -0.39 is 17.7 Å². The van der Waals surface area contributed by atoms with Crippen molar-refractivity contribution in [2.24, 2.45) is 11.8 Å². The monoisotopic (exact) mass is 619 g/mol. The van der Waals surface area contributed by atoms with Crippen LogP contribution in [-0.4, -0.2) is 76.6 Å². The summed E-state index contributed by atoms with van der Waals surface area (Å²) in [6.07, 6.45) is 5.90. The van der Waals surface area contributed by atoms with Gasteiger partial charge in [0.2, 0.25) is 5.91 Å². The lowest BCUT2D eigenvalue weighted by Crippen LogP contribution is -2.59. The van der Waals surface area contributed by atoms with Crippen LogP contribution in [0.3, 0.4) is 0 Å². The molecular weight excluding hydrogens is 566 g/mol. The van der Waals surface area contributed by atoms with Gasteiger partial charge >= 0.3 is 6.09 Å². The summed E-state index contributed by atoms with van der Waals surface area (Å²) < 4.78 is 5.89. The molecule has 0 aromatic heterocycles. The molecule has 0 radical (unpaired) electrons. The van der Waals surface area contributed by atoms with Gasteiger partial charge < -0.3 is 20.1 Å². The molecule has 2 aromatic rings. The lowest BCUT2D eigenvalue weighted by molar-refractivity contribution is -0.131. The normalized spacial score (nSPS) is 19.8. The Morgan fingerprint density at radius 2 is 1.64 bits per heavy atom. The molecular formula is C37H53N3O5. The van der Waals surface area contributed by atoms with Gasteiger partial charge in [-0.3, -0.25) is 14.5 Å². The Kier molecular flexibility index (Phi) is 12.2. The van der Waals surface area contributed by atoms with Gasteiger partial charge in [-0.1, -0.05) is 56.3 Å². The molecule has 1 aliphatic heterocycles. The van der Waals surface area contributed by atoms with E-state index in [0.29, 0.717) is 12.5 Å². The first-order valence-electron chi connectivity index (χ1n) is 16.7. The highest BCUT2D eigenvalue weighted by Gasteiger charge is 2.38. The van der Waals surface area contributed by atoms with Crippen LogP contribution < -0.4 is 5.32 Å². The highest BCUT2D eigenvalue weighted by Crippen LogP contribution is 2.28. The number of hydrogen-bond acceptors (Lipinski definition) is 5. The molecule has 2 amide bonds. The molecule has 8 heteroatoms. The van der Waals surface area contributed by atoms with Crippen LogP contribution in [0.2, 0.25) is 0 Å². The van der Waals surface area contributed by atoms with Gasteiger partial charge in [0, 0.05) is 36.2 Å². The van der Waals surface area contributed by atoms with Crippen molar-refractivity contribution >= 4 is 17.8 Å². The maximum absolute atomic E-state index is 13.6. The predicted octanol–water partition coefficient (Wildman–Crippen LogP) is 6.35. The van der Waals surface area contributed by atoms with Crippen molar-refractivity contribution < 1.29 is 24.2 Å². The summed E-state index contributed by atoms with van der Waals surface area (Å²) in [4.78, 5) is 42.1. The van der Waals surface area contributed by atoms with E-state index in [2.05, 4.69) is 22.3 Å². The minimum Gasteiger partial charge on any atom is -0.465 e. The molecule has 1 heterocycles. The number of ketones is 1. The second-order valence-electron chi connectivity index (χ2n) is 14.2. The number of rotatable bonds is 12. The van der Waals surface area contributed by atoms with E-state index in [0.717, 1.165) is 75.7 Å². The molecule has 0 saturated heterocycles. The third-order valence-electron chi connectivity index (χ3n) is 9.39. The minimum atomic E-state index is -1.13. The molecule has 1 fully saturated rings. The maximum atomic E-state index is 13.6. The Bertz CT molecular complexity index is 1280. The minimum absolute atomic E-state index is 0.00527. The molecule has 0 spiro atoms. The zero-order valence-electron chi connectivity index (χ0n) is 27.9. The summed E-state index contributed by atoms with van der Waals surface area (Å²) in [6, 6.07) is 15.1. The molecule has 4 rings (SSSR count). The summed E-state index contributed by atoms with van der Waals surface area (Å²) in [7, 11) is 0. The third-order valence-corrected chi connectivity index (χ3v) is 9.39. The first-order valence-corrected chi connectivity index (χ1v) is 16.7. The van der Waals surface area contributed by atoms with E-state index in [-0.39, 0.29) is 30.3 Å². The molecule has 1 atom stereocenters. The Hall–Kier alpha value is -3.23. The molecule has 1 unspecified atom stereocenters. The van der Waals surface area contributed by atoms with Crippen molar-refractivity contribution in [1.29, 1.82) is 0 Å². The van der Waals surface area contributed by atoms with Crippen LogP contribution in [0.25, 0.3) is 0 Å². The number of amides is 2. The number of Topliss-reactive ketones (excluding diaryl/α,β-unsaturated/α-hetero) is 1. The number of carbonyl (C=O) groups excluding carboxylic acids is 2. The van der Waals surface area contributed by atoms with Crippen molar-refractivity contribution in [2.45, 2.75) is 104 Å². The van der Waals surface area contributed by atoms with Crippen LogP contribution in [0.15, 0.2) is 48.5 Å². The lowest BCUT2D eigenvalue weighted by atomic mass is 9.84. The van der Waals surface area contributed by atoms with E-state index in [1.165, 1.54) is 16.0 Å². The number of hydrogen-bond donors (Lipinski definition) is 2. The second-order valence-corrected chi connectivity index (χ2v) is 14.2. The van der Waals surface area contributed by atoms with E-state index in [1.54, 1.807) is 20.8 Å². The van der Waals surface area contributed by atoms with Gasteiger partial charge in [-0.15, -0.1) is 0 Å². The van der Waals surface area contributed by atoms with Gasteiger partial charge in [0.1, 0.15) is 6.04 Å². The van der Waals surface area contributed by atoms with Crippen molar-refractivity contribution in [3.05, 3.63) is 70.8 Å². The number of carbonyl (C=O) groups is 3. The van der Waals surface area contributed by atoms with Crippen LogP contribution in [0.5, 0.6) is 0 Å². The molecule has 8 nitrogen and oxygen atoms in total. The highest BCUT2D eigenvalue weighted by atomic mass is 16.5. The number of fused-ring (bicyclic) bond motifs is 1. The quantitative estimate of drug-likeness (QED) is 0.269. The zero-order chi connectivity index (χ0) is 32.6. The number of benzene rings is 2. The van der Waals surface area contributed by atoms with Gasteiger partial charge in [0.05, 0.1) is 13.2 Å². The lowest BCUT2D eigenvalue weighted by Gasteiger charge is -2.39. The first kappa shape index (κ1) is 34.6. The zero-order valence-corrected chi connectivity index (χ0v) is 27.9.